The van der Waals surface area contributed by atoms with Crippen LogP contribution in [0, 0.1) is 5.92 Å². The second-order valence-electron chi connectivity index (χ2n) is 2.01. The number of hydrogen-bond acceptors (Lipinski definition) is 1. The van der Waals surface area contributed by atoms with Gasteiger partial charge in [-0.1, -0.05) is 0 Å². The van der Waals surface area contributed by atoms with Gasteiger partial charge in [-0.25, -0.2) is 0 Å². The van der Waals surface area contributed by atoms with Crippen LogP contribution in [-0.2, 0) is 0 Å². The molecule has 1 saturated carbocycles. The maximum absolute atomic E-state index is 3.28. The van der Waals surface area contributed by atoms with Gasteiger partial charge in [0.05, 0.1) is 0 Å². The number of hydrogen-bond donors (Lipinski definition) is 1. The smallest absolute Gasteiger partial charge is 0.0112 e. The van der Waals surface area contributed by atoms with Gasteiger partial charge in [-0.3, -0.25) is 0 Å². The Bertz CT molecular complexity index is 48.7. The average Bonchev–Trinajstić information content (AvgIpc) is 1.74. The molecule has 0 aromatic carbocycles. The minimum Gasteiger partial charge on any atom is -0.313 e. The van der Waals surface area contributed by atoms with Gasteiger partial charge < -0.3 is 5.32 Å². The second kappa shape index (κ2) is 0.432. The minimum atomic E-state index is 0.981. The molecule has 0 aromatic heterocycles. The molecule has 0 unspecified atom stereocenters. The summed E-state index contributed by atoms with van der Waals surface area (Å²) in [6.45, 7) is 1.31. The Labute approximate surface area is 31.4 Å². The fourth-order valence-corrected chi connectivity index (χ4v) is 0.865. The molecule has 5 heavy (non-hydrogen) atoms. The summed E-state index contributed by atoms with van der Waals surface area (Å²) in [7, 11) is 0. The van der Waals surface area contributed by atoms with E-state index in [0.717, 1.165) is 12.0 Å². The fourth-order valence-electron chi connectivity index (χ4n) is 0.865. The molecule has 2 atom stereocenters. The molecule has 2 fully saturated rings. The van der Waals surface area contributed by atoms with E-state index in [9.17, 15) is 0 Å². The van der Waals surface area contributed by atoms with E-state index in [1.165, 1.54) is 13.0 Å². The fraction of sp³-hybridized carbons (Fsp3) is 1.00. The van der Waals surface area contributed by atoms with Crippen LogP contribution in [0.15, 0.2) is 0 Å². The molecule has 0 aromatic rings. The van der Waals surface area contributed by atoms with Gasteiger partial charge in [-0.2, -0.15) is 0 Å². The van der Waals surface area contributed by atoms with Gasteiger partial charge in [0.15, 0.2) is 0 Å². The van der Waals surface area contributed by atoms with Crippen LogP contribution in [0.3, 0.4) is 0 Å². The van der Waals surface area contributed by atoms with Crippen LogP contribution in [0.4, 0.5) is 0 Å². The summed E-state index contributed by atoms with van der Waals surface area (Å²) in [5.41, 5.74) is 0. The number of fused-ring (bicyclic) bond motifs is 1. The number of nitrogens with one attached hydrogen (secondary N) is 1. The highest BCUT2D eigenvalue weighted by Crippen LogP contribution is 2.36. The van der Waals surface area contributed by atoms with Gasteiger partial charge in [0, 0.05) is 6.04 Å². The van der Waals surface area contributed by atoms with Gasteiger partial charge in [0.2, 0.25) is 0 Å². The average molecular weight is 69.1 g/mol. The maximum Gasteiger partial charge on any atom is 0.0112 e. The van der Waals surface area contributed by atoms with Crippen molar-refractivity contribution in [1.82, 2.24) is 5.32 Å². The molecule has 0 spiro atoms. The normalized spacial score (nSPS) is 57.6. The molecule has 1 aliphatic carbocycles. The third-order valence-electron chi connectivity index (χ3n) is 1.56. The SMILES string of the molecule is C1N[C@@H]2C[C@@H]12. The van der Waals surface area contributed by atoms with E-state index in [4.69, 9.17) is 0 Å². The molecule has 1 aliphatic heterocycles. The van der Waals surface area contributed by atoms with Crippen molar-refractivity contribution in [3.63, 3.8) is 0 Å². The molecule has 1 nitrogen and oxygen atoms in total. The topological polar surface area (TPSA) is 12.0 Å². The summed E-state index contributed by atoms with van der Waals surface area (Å²) in [5.74, 6) is 1.12. The molecule has 2 aliphatic rings. The van der Waals surface area contributed by atoms with Gasteiger partial charge in [-0.05, 0) is 18.9 Å². The van der Waals surface area contributed by atoms with Gasteiger partial charge in [-0.15, -0.1) is 0 Å². The second-order valence-corrected chi connectivity index (χ2v) is 2.01. The zero-order chi connectivity index (χ0) is 3.28. The van der Waals surface area contributed by atoms with Crippen LogP contribution < -0.4 is 5.32 Å². The summed E-state index contributed by atoms with van der Waals surface area (Å²) < 4.78 is 0. The van der Waals surface area contributed by atoms with Crippen LogP contribution in [-0.4, -0.2) is 12.6 Å². The Kier molecular flexibility index (Phi) is 0.189. The molecule has 1 heteroatoms. The summed E-state index contributed by atoms with van der Waals surface area (Å²) in [6, 6.07) is 0.981. The third-order valence-corrected chi connectivity index (χ3v) is 1.56. The Morgan fingerprint density at radius 2 is 2.40 bits per heavy atom. The van der Waals surface area contributed by atoms with Crippen molar-refractivity contribution in [1.29, 1.82) is 0 Å². The van der Waals surface area contributed by atoms with E-state index in [-0.39, 0.29) is 0 Å². The van der Waals surface area contributed by atoms with E-state index in [2.05, 4.69) is 5.32 Å². The Balaban J connectivity index is 2.19. The minimum absolute atomic E-state index is 0.981. The Morgan fingerprint density at radius 3 is 2.40 bits per heavy atom. The third kappa shape index (κ3) is 0.127. The summed E-state index contributed by atoms with van der Waals surface area (Å²) in [6.07, 6.45) is 1.47. The first kappa shape index (κ1) is 2.19. The van der Waals surface area contributed by atoms with Crippen LogP contribution in [0.2, 0.25) is 0 Å². The molecule has 1 saturated heterocycles. The van der Waals surface area contributed by atoms with Crippen LogP contribution in [0.5, 0.6) is 0 Å². The van der Waals surface area contributed by atoms with Crippen LogP contribution in [0.1, 0.15) is 6.42 Å². The summed E-state index contributed by atoms with van der Waals surface area (Å²) in [5, 5.41) is 3.28. The first-order valence-electron chi connectivity index (χ1n) is 2.20. The molecular formula is C4H7N. The van der Waals surface area contributed by atoms with Gasteiger partial charge in [0.1, 0.15) is 0 Å². The number of rotatable bonds is 0. The standard InChI is InChI=1S/C4H7N/c1-3-2-5-4(1)3/h3-5H,1-2H2/t3-,4+/m0/s1. The quantitative estimate of drug-likeness (QED) is 0.421. The van der Waals surface area contributed by atoms with E-state index in [1.807, 2.05) is 0 Å². The van der Waals surface area contributed by atoms with Crippen molar-refractivity contribution in [2.24, 2.45) is 5.92 Å². The highest BCUT2D eigenvalue weighted by molar-refractivity contribution is 5.03. The zero-order valence-corrected chi connectivity index (χ0v) is 3.07. The van der Waals surface area contributed by atoms with Crippen molar-refractivity contribution in [2.45, 2.75) is 12.5 Å². The lowest BCUT2D eigenvalue weighted by molar-refractivity contribution is 0.506. The molecular weight excluding hydrogens is 62.1 g/mol. The Morgan fingerprint density at radius 1 is 1.60 bits per heavy atom. The summed E-state index contributed by atoms with van der Waals surface area (Å²) >= 11 is 0. The van der Waals surface area contributed by atoms with Gasteiger partial charge in [0.25, 0.3) is 0 Å². The highest BCUT2D eigenvalue weighted by atomic mass is 15.1. The lowest BCUT2D eigenvalue weighted by Gasteiger charge is -2.09. The molecule has 0 radical (unpaired) electrons. The first-order chi connectivity index (χ1) is 2.47. The predicted octanol–water partition coefficient (Wildman–Crippen LogP) is -0.0219. The largest absolute Gasteiger partial charge is 0.313 e. The monoisotopic (exact) mass is 69.1 g/mol. The van der Waals surface area contributed by atoms with Crippen molar-refractivity contribution >= 4 is 0 Å². The summed E-state index contributed by atoms with van der Waals surface area (Å²) in [4.78, 5) is 0. The highest BCUT2D eigenvalue weighted by Gasteiger charge is 2.44. The van der Waals surface area contributed by atoms with Crippen molar-refractivity contribution in [2.75, 3.05) is 6.54 Å². The van der Waals surface area contributed by atoms with Gasteiger partial charge >= 0.3 is 0 Å². The predicted molar refractivity (Wildman–Crippen MR) is 19.9 cm³/mol. The zero-order valence-electron chi connectivity index (χ0n) is 3.07. The Hall–Kier alpha value is -0.0400. The molecule has 0 amide bonds. The molecule has 0 bridgehead atoms. The van der Waals surface area contributed by atoms with Crippen molar-refractivity contribution in [3.05, 3.63) is 0 Å². The van der Waals surface area contributed by atoms with E-state index < -0.39 is 0 Å². The van der Waals surface area contributed by atoms with Crippen LogP contribution in [0.25, 0.3) is 0 Å². The lowest BCUT2D eigenvalue weighted by atomic mass is 10.3. The lowest BCUT2D eigenvalue weighted by Crippen LogP contribution is -2.32. The maximum atomic E-state index is 3.28. The molecule has 28 valence electrons. The van der Waals surface area contributed by atoms with Crippen molar-refractivity contribution < 1.29 is 0 Å². The van der Waals surface area contributed by atoms with Crippen LogP contribution >= 0.6 is 0 Å². The van der Waals surface area contributed by atoms with Crippen molar-refractivity contribution in [3.8, 4) is 0 Å². The van der Waals surface area contributed by atoms with E-state index in [1.54, 1.807) is 0 Å². The molecule has 1 N–H and O–H groups in total. The van der Waals surface area contributed by atoms with E-state index in [0.29, 0.717) is 0 Å². The molecule has 1 heterocycles. The van der Waals surface area contributed by atoms with E-state index >= 15 is 0 Å². The first-order valence-corrected chi connectivity index (χ1v) is 2.20. The molecule has 2 rings (SSSR count).